The predicted octanol–water partition coefficient (Wildman–Crippen LogP) is 2.63. The number of hydrogen-bond donors (Lipinski definition) is 1. The predicted molar refractivity (Wildman–Crippen MR) is 49.7 cm³/mol. The summed E-state index contributed by atoms with van der Waals surface area (Å²) in [6.07, 6.45) is 0. The summed E-state index contributed by atoms with van der Waals surface area (Å²) in [6, 6.07) is 6.88. The highest BCUT2D eigenvalue weighted by atomic mass is 79.9. The standard InChI is InChI=1S/C9H10BrFO/c1-9(11,6-12)7-3-2-4-8(10)5-7/h2-5,12H,6H2,1H3/t9-/m0/s1. The molecule has 1 aromatic carbocycles. The van der Waals surface area contributed by atoms with Gasteiger partial charge in [-0.3, -0.25) is 0 Å². The number of benzene rings is 1. The van der Waals surface area contributed by atoms with E-state index in [1.54, 1.807) is 18.2 Å². The number of alkyl halides is 1. The molecule has 0 aromatic heterocycles. The van der Waals surface area contributed by atoms with E-state index in [0.717, 1.165) is 4.47 Å². The number of hydrogen-bond acceptors (Lipinski definition) is 1. The van der Waals surface area contributed by atoms with Crippen molar-refractivity contribution in [1.29, 1.82) is 0 Å². The maximum atomic E-state index is 13.5. The molecule has 1 nitrogen and oxygen atoms in total. The normalized spacial score (nSPS) is 15.7. The van der Waals surface area contributed by atoms with Crippen LogP contribution < -0.4 is 0 Å². The van der Waals surface area contributed by atoms with Crippen LogP contribution in [0.15, 0.2) is 28.7 Å². The van der Waals surface area contributed by atoms with Crippen molar-refractivity contribution >= 4 is 15.9 Å². The van der Waals surface area contributed by atoms with Crippen LogP contribution in [0.5, 0.6) is 0 Å². The maximum absolute atomic E-state index is 13.5. The number of rotatable bonds is 2. The molecule has 0 saturated carbocycles. The zero-order valence-corrected chi connectivity index (χ0v) is 8.31. The minimum absolute atomic E-state index is 0.486. The van der Waals surface area contributed by atoms with Gasteiger partial charge >= 0.3 is 0 Å². The fraction of sp³-hybridized carbons (Fsp3) is 0.333. The molecular formula is C9H10BrFO. The Balaban J connectivity index is 3.03. The van der Waals surface area contributed by atoms with Crippen molar-refractivity contribution in [3.8, 4) is 0 Å². The third-order valence-electron chi connectivity index (χ3n) is 1.72. The summed E-state index contributed by atoms with van der Waals surface area (Å²) in [4.78, 5) is 0. The van der Waals surface area contributed by atoms with Crippen LogP contribution in [0.25, 0.3) is 0 Å². The summed E-state index contributed by atoms with van der Waals surface area (Å²) >= 11 is 3.24. The maximum Gasteiger partial charge on any atom is 0.156 e. The molecule has 0 spiro atoms. The van der Waals surface area contributed by atoms with Gasteiger partial charge in [0.2, 0.25) is 0 Å². The fourth-order valence-electron chi connectivity index (χ4n) is 0.904. The van der Waals surface area contributed by atoms with Crippen LogP contribution in [0.2, 0.25) is 0 Å². The Morgan fingerprint density at radius 2 is 2.25 bits per heavy atom. The molecular weight excluding hydrogens is 223 g/mol. The molecule has 0 aliphatic rings. The minimum atomic E-state index is -1.65. The summed E-state index contributed by atoms with van der Waals surface area (Å²) < 4.78 is 14.3. The number of aliphatic hydroxyl groups excluding tert-OH is 1. The topological polar surface area (TPSA) is 20.2 Å². The van der Waals surface area contributed by atoms with Crippen molar-refractivity contribution in [2.45, 2.75) is 12.6 Å². The molecule has 0 fully saturated rings. The van der Waals surface area contributed by atoms with Crippen molar-refractivity contribution in [3.63, 3.8) is 0 Å². The average molecular weight is 233 g/mol. The molecule has 0 aliphatic carbocycles. The van der Waals surface area contributed by atoms with E-state index >= 15 is 0 Å². The van der Waals surface area contributed by atoms with Crippen molar-refractivity contribution in [3.05, 3.63) is 34.3 Å². The SMILES string of the molecule is C[C@](F)(CO)c1cccc(Br)c1. The van der Waals surface area contributed by atoms with Gasteiger partial charge < -0.3 is 5.11 Å². The highest BCUT2D eigenvalue weighted by Gasteiger charge is 2.24. The van der Waals surface area contributed by atoms with E-state index in [1.165, 1.54) is 6.92 Å². The molecule has 3 heteroatoms. The summed E-state index contributed by atoms with van der Waals surface area (Å²) in [7, 11) is 0. The van der Waals surface area contributed by atoms with Crippen LogP contribution in [0.3, 0.4) is 0 Å². The largest absolute Gasteiger partial charge is 0.393 e. The molecule has 1 rings (SSSR count). The van der Waals surface area contributed by atoms with Crippen molar-refractivity contribution in [1.82, 2.24) is 0 Å². The zero-order valence-electron chi connectivity index (χ0n) is 6.72. The molecule has 1 atom stereocenters. The first-order valence-corrected chi connectivity index (χ1v) is 4.41. The Morgan fingerprint density at radius 3 is 2.75 bits per heavy atom. The van der Waals surface area contributed by atoms with Gasteiger partial charge in [-0.15, -0.1) is 0 Å². The van der Waals surface area contributed by atoms with Gasteiger partial charge in [-0.1, -0.05) is 28.1 Å². The highest BCUT2D eigenvalue weighted by molar-refractivity contribution is 9.10. The lowest BCUT2D eigenvalue weighted by molar-refractivity contribution is 0.0867. The Labute approximate surface area is 79.4 Å². The van der Waals surface area contributed by atoms with Crippen molar-refractivity contribution in [2.24, 2.45) is 0 Å². The summed E-state index contributed by atoms with van der Waals surface area (Å²) in [5.41, 5.74) is -1.16. The smallest absolute Gasteiger partial charge is 0.156 e. The molecule has 0 saturated heterocycles. The fourth-order valence-corrected chi connectivity index (χ4v) is 1.30. The average Bonchev–Trinajstić information content (AvgIpc) is 2.05. The van der Waals surface area contributed by atoms with Crippen LogP contribution in [-0.4, -0.2) is 11.7 Å². The van der Waals surface area contributed by atoms with Crippen LogP contribution in [0.1, 0.15) is 12.5 Å². The lowest BCUT2D eigenvalue weighted by Crippen LogP contribution is -2.19. The first-order chi connectivity index (χ1) is 5.56. The second-order valence-electron chi connectivity index (χ2n) is 2.87. The van der Waals surface area contributed by atoms with Crippen LogP contribution in [0.4, 0.5) is 4.39 Å². The van der Waals surface area contributed by atoms with Gasteiger partial charge in [0.15, 0.2) is 5.67 Å². The Morgan fingerprint density at radius 1 is 1.58 bits per heavy atom. The van der Waals surface area contributed by atoms with Gasteiger partial charge in [-0.2, -0.15) is 0 Å². The van der Waals surface area contributed by atoms with E-state index in [0.29, 0.717) is 5.56 Å². The summed E-state index contributed by atoms with van der Waals surface area (Å²) in [6.45, 7) is 0.859. The Hall–Kier alpha value is -0.410. The van der Waals surface area contributed by atoms with E-state index in [9.17, 15) is 4.39 Å². The molecule has 0 amide bonds. The molecule has 0 radical (unpaired) electrons. The Bertz CT molecular complexity index is 273. The molecule has 1 N–H and O–H groups in total. The van der Waals surface area contributed by atoms with E-state index in [1.807, 2.05) is 6.07 Å². The van der Waals surface area contributed by atoms with Crippen LogP contribution in [-0.2, 0) is 5.67 Å². The van der Waals surface area contributed by atoms with Gasteiger partial charge in [0.25, 0.3) is 0 Å². The number of aliphatic hydroxyl groups is 1. The molecule has 0 bridgehead atoms. The minimum Gasteiger partial charge on any atom is -0.393 e. The van der Waals surface area contributed by atoms with E-state index < -0.39 is 12.3 Å². The lowest BCUT2D eigenvalue weighted by Gasteiger charge is -2.17. The summed E-state index contributed by atoms with van der Waals surface area (Å²) in [5.74, 6) is 0. The van der Waals surface area contributed by atoms with E-state index in [-0.39, 0.29) is 0 Å². The van der Waals surface area contributed by atoms with Crippen LogP contribution in [0, 0.1) is 0 Å². The van der Waals surface area contributed by atoms with Gasteiger partial charge in [0, 0.05) is 4.47 Å². The molecule has 1 aromatic rings. The highest BCUT2D eigenvalue weighted by Crippen LogP contribution is 2.26. The first-order valence-electron chi connectivity index (χ1n) is 3.62. The second-order valence-corrected chi connectivity index (χ2v) is 3.78. The second kappa shape index (κ2) is 3.54. The quantitative estimate of drug-likeness (QED) is 0.832. The van der Waals surface area contributed by atoms with Gasteiger partial charge in [-0.25, -0.2) is 4.39 Å². The molecule has 0 unspecified atom stereocenters. The third-order valence-corrected chi connectivity index (χ3v) is 2.22. The third kappa shape index (κ3) is 2.05. The molecule has 12 heavy (non-hydrogen) atoms. The van der Waals surface area contributed by atoms with E-state index in [4.69, 9.17) is 5.11 Å². The molecule has 0 aliphatic heterocycles. The Kier molecular flexibility index (Phi) is 2.85. The van der Waals surface area contributed by atoms with Crippen molar-refractivity contribution < 1.29 is 9.50 Å². The van der Waals surface area contributed by atoms with Crippen molar-refractivity contribution in [2.75, 3.05) is 6.61 Å². The van der Waals surface area contributed by atoms with Gasteiger partial charge in [0.05, 0.1) is 6.61 Å². The monoisotopic (exact) mass is 232 g/mol. The van der Waals surface area contributed by atoms with Gasteiger partial charge in [-0.05, 0) is 24.6 Å². The first kappa shape index (κ1) is 9.68. The number of halogens is 2. The molecule has 66 valence electrons. The van der Waals surface area contributed by atoms with E-state index in [2.05, 4.69) is 15.9 Å². The summed E-state index contributed by atoms with van der Waals surface area (Å²) in [5, 5.41) is 8.75. The lowest BCUT2D eigenvalue weighted by atomic mass is 9.99. The zero-order chi connectivity index (χ0) is 9.19. The van der Waals surface area contributed by atoms with Gasteiger partial charge in [0.1, 0.15) is 0 Å². The molecule has 0 heterocycles. The van der Waals surface area contributed by atoms with Crippen LogP contribution >= 0.6 is 15.9 Å².